The number of nitrogens with zero attached hydrogens (tertiary/aromatic N) is 1. The molecule has 6 heteroatoms. The van der Waals surface area contributed by atoms with Crippen LogP contribution in [0.1, 0.15) is 11.1 Å². The van der Waals surface area contributed by atoms with Crippen LogP contribution in [0.5, 0.6) is 0 Å². The molecule has 0 N–H and O–H groups in total. The molecule has 103 valence electrons. The van der Waals surface area contributed by atoms with Crippen LogP contribution in [-0.2, 0) is 17.0 Å². The molecule has 2 aromatic carbocycles. The van der Waals surface area contributed by atoms with Gasteiger partial charge in [-0.25, -0.2) is 0 Å². The molecule has 0 saturated carbocycles. The topological polar surface area (TPSA) is 12.4 Å². The molecule has 0 saturated heterocycles. The van der Waals surface area contributed by atoms with Gasteiger partial charge >= 0.3 is 144 Å². The summed E-state index contributed by atoms with van der Waals surface area (Å²) in [5, 5.41) is 0. The van der Waals surface area contributed by atoms with Gasteiger partial charge in [0, 0.05) is 0 Å². The van der Waals surface area contributed by atoms with E-state index in [0.717, 1.165) is 15.6 Å². The van der Waals surface area contributed by atoms with E-state index in [-0.39, 0.29) is 5.82 Å². The Hall–Kier alpha value is -0.146. The van der Waals surface area contributed by atoms with Crippen LogP contribution in [0.15, 0.2) is 47.5 Å². The van der Waals surface area contributed by atoms with Gasteiger partial charge in [-0.2, -0.15) is 0 Å². The molecule has 0 spiro atoms. The quantitative estimate of drug-likeness (QED) is 0.524. The summed E-state index contributed by atoms with van der Waals surface area (Å²) in [4.78, 5) is 4.16. The number of hydrogen-bond donors (Lipinski definition) is 0. The third kappa shape index (κ3) is 5.69. The zero-order chi connectivity index (χ0) is 15.0. The van der Waals surface area contributed by atoms with Gasteiger partial charge < -0.3 is 0 Å². The number of halogens is 3. The zero-order valence-corrected chi connectivity index (χ0v) is 15.4. The molecular weight excluding hydrogens is 399 g/mol. The van der Waals surface area contributed by atoms with Gasteiger partial charge in [-0.3, -0.25) is 0 Å². The standard InChI is InChI=1S/C14H11FNSe.2ClH.Ti/c1-10-5-4-6-11(14(10)17)9-16-13-8-3-2-7-12(13)15;;;/h2-9H,1H3;2*1H;/q;;;+2/p-2. The second-order valence-corrected chi connectivity index (χ2v) is 7.21. The van der Waals surface area contributed by atoms with Crippen LogP contribution in [-0.4, -0.2) is 22.2 Å². The average molecular weight is 410 g/mol. The molecule has 0 heterocycles. The number of aryl methyl sites for hydroxylation is 1. The van der Waals surface area contributed by atoms with Crippen LogP contribution in [0, 0.1) is 12.7 Å². The van der Waals surface area contributed by atoms with Gasteiger partial charge in [0.05, 0.1) is 0 Å². The Bertz CT molecular complexity index is 593. The van der Waals surface area contributed by atoms with E-state index in [2.05, 4.69) is 21.0 Å². The van der Waals surface area contributed by atoms with Crippen molar-refractivity contribution < 1.29 is 21.4 Å². The van der Waals surface area contributed by atoms with Crippen molar-refractivity contribution in [3.63, 3.8) is 0 Å². The molecule has 0 aromatic heterocycles. The van der Waals surface area contributed by atoms with Crippen molar-refractivity contribution in [1.29, 1.82) is 0 Å². The summed E-state index contributed by atoms with van der Waals surface area (Å²) in [6.07, 6.45) is 1.68. The third-order valence-corrected chi connectivity index (χ3v) is 3.61. The zero-order valence-electron chi connectivity index (χ0n) is 10.6. The van der Waals surface area contributed by atoms with Gasteiger partial charge in [0.2, 0.25) is 0 Å². The Morgan fingerprint density at radius 2 is 1.80 bits per heavy atom. The summed E-state index contributed by atoms with van der Waals surface area (Å²) >= 11 is 2.45. The summed E-state index contributed by atoms with van der Waals surface area (Å²) < 4.78 is 14.4. The Morgan fingerprint density at radius 1 is 1.15 bits per heavy atom. The molecule has 1 radical (unpaired) electrons. The van der Waals surface area contributed by atoms with E-state index in [0.29, 0.717) is 5.69 Å². The SMILES string of the molecule is Cc1cccc(C=Nc2ccccc2F)c1[Se].[Cl][Ti][Cl]. The first-order valence-corrected chi connectivity index (χ1v) is 10.8. The van der Waals surface area contributed by atoms with Gasteiger partial charge in [0.25, 0.3) is 0 Å². The van der Waals surface area contributed by atoms with Crippen molar-refractivity contribution in [2.75, 3.05) is 0 Å². The first kappa shape index (κ1) is 17.9. The molecule has 0 bridgehead atoms. The molecular formula is C14H11Cl2FNSeTi. The van der Waals surface area contributed by atoms with Crippen LogP contribution >= 0.6 is 18.6 Å². The van der Waals surface area contributed by atoms with E-state index in [1.54, 1.807) is 24.4 Å². The van der Waals surface area contributed by atoms with Gasteiger partial charge in [0.15, 0.2) is 0 Å². The van der Waals surface area contributed by atoms with Crippen LogP contribution in [0.25, 0.3) is 0 Å². The van der Waals surface area contributed by atoms with E-state index in [9.17, 15) is 4.39 Å². The minimum absolute atomic E-state index is 0.307. The van der Waals surface area contributed by atoms with Crippen molar-refractivity contribution in [2.24, 2.45) is 4.99 Å². The Kier molecular flexibility index (Phi) is 8.71. The first-order chi connectivity index (χ1) is 9.60. The van der Waals surface area contributed by atoms with Crippen LogP contribution in [0.4, 0.5) is 10.1 Å². The molecule has 20 heavy (non-hydrogen) atoms. The first-order valence-electron chi connectivity index (χ1n) is 5.61. The van der Waals surface area contributed by atoms with E-state index in [1.807, 2.05) is 25.1 Å². The molecule has 0 amide bonds. The number of hydrogen-bond acceptors (Lipinski definition) is 1. The van der Waals surface area contributed by atoms with E-state index in [1.165, 1.54) is 6.07 Å². The Morgan fingerprint density at radius 3 is 2.45 bits per heavy atom. The van der Waals surface area contributed by atoms with Crippen LogP contribution in [0.2, 0.25) is 0 Å². The second kappa shape index (κ2) is 9.73. The monoisotopic (exact) mass is 410 g/mol. The predicted octanol–water partition coefficient (Wildman–Crippen LogP) is 4.06. The average Bonchev–Trinajstić information content (AvgIpc) is 2.43. The van der Waals surface area contributed by atoms with Crippen molar-refractivity contribution in [2.45, 2.75) is 6.92 Å². The van der Waals surface area contributed by atoms with Crippen LogP contribution < -0.4 is 4.46 Å². The minimum atomic E-state index is -0.556. The van der Waals surface area contributed by atoms with Crippen molar-refractivity contribution in [3.05, 3.63) is 59.4 Å². The maximum atomic E-state index is 13.4. The molecule has 0 fully saturated rings. The summed E-state index contributed by atoms with van der Waals surface area (Å²) in [6.45, 7) is 2.02. The summed E-state index contributed by atoms with van der Waals surface area (Å²) in [6, 6.07) is 12.4. The molecule has 1 nitrogen and oxygen atoms in total. The molecule has 0 aliphatic rings. The van der Waals surface area contributed by atoms with Gasteiger partial charge in [0.1, 0.15) is 0 Å². The predicted molar refractivity (Wildman–Crippen MR) is 81.9 cm³/mol. The third-order valence-electron chi connectivity index (χ3n) is 2.44. The molecule has 2 rings (SSSR count). The summed E-state index contributed by atoms with van der Waals surface area (Å²) in [5.41, 5.74) is 2.48. The number of rotatable bonds is 2. The second-order valence-electron chi connectivity index (χ2n) is 3.77. The Labute approximate surface area is 143 Å². The number of aliphatic imine (C=N–C) groups is 1. The number of benzene rings is 2. The fourth-order valence-electron chi connectivity index (χ4n) is 1.47. The van der Waals surface area contributed by atoms with Crippen molar-refractivity contribution in [1.82, 2.24) is 0 Å². The fraction of sp³-hybridized carbons (Fsp3) is 0.0714. The number of para-hydroxylation sites is 1. The summed E-state index contributed by atoms with van der Waals surface area (Å²) in [7, 11) is 9.78. The Balaban J connectivity index is 0.000000612. The van der Waals surface area contributed by atoms with Gasteiger partial charge in [-0.1, -0.05) is 0 Å². The molecule has 0 unspecified atom stereocenters. The van der Waals surface area contributed by atoms with Crippen molar-refractivity contribution >= 4 is 51.0 Å². The van der Waals surface area contributed by atoms with Gasteiger partial charge in [-0.15, -0.1) is 0 Å². The van der Waals surface area contributed by atoms with E-state index in [4.69, 9.17) is 18.6 Å². The van der Waals surface area contributed by atoms with Gasteiger partial charge in [-0.05, 0) is 0 Å². The van der Waals surface area contributed by atoms with Crippen LogP contribution in [0.3, 0.4) is 0 Å². The van der Waals surface area contributed by atoms with E-state index < -0.39 is 17.0 Å². The molecule has 2 aromatic rings. The maximum absolute atomic E-state index is 13.4. The molecule has 0 aliphatic heterocycles. The van der Waals surface area contributed by atoms with E-state index >= 15 is 0 Å². The fourth-order valence-corrected chi connectivity index (χ4v) is 1.87. The van der Waals surface area contributed by atoms with Crippen molar-refractivity contribution in [3.8, 4) is 0 Å². The summed E-state index contributed by atoms with van der Waals surface area (Å²) in [5.74, 6) is -0.307. The molecule has 0 aliphatic carbocycles. The molecule has 0 atom stereocenters. The normalized spacial score (nSPS) is 10.0.